The van der Waals surface area contributed by atoms with Crippen molar-refractivity contribution in [1.82, 2.24) is 9.62 Å². The molecule has 2 rings (SSSR count). The van der Waals surface area contributed by atoms with Gasteiger partial charge in [0.25, 0.3) is 0 Å². The Morgan fingerprint density at radius 1 is 1.11 bits per heavy atom. The molecule has 2 amide bonds. The van der Waals surface area contributed by atoms with Gasteiger partial charge in [-0.2, -0.15) is 4.31 Å². The van der Waals surface area contributed by atoms with Gasteiger partial charge in [-0.1, -0.05) is 12.1 Å². The van der Waals surface area contributed by atoms with Crippen molar-refractivity contribution in [3.63, 3.8) is 0 Å². The Bertz CT molecular complexity index is 930. The lowest BCUT2D eigenvalue weighted by molar-refractivity contribution is -0.121. The Kier molecular flexibility index (Phi) is 6.65. The Balaban J connectivity index is 1.97. The van der Waals surface area contributed by atoms with E-state index < -0.39 is 21.7 Å². The molecule has 7 nitrogen and oxygen atoms in total. The minimum atomic E-state index is -3.87. The lowest BCUT2D eigenvalue weighted by Crippen LogP contribution is -2.38. The number of anilines is 1. The molecule has 0 saturated carbocycles. The molecular formula is C18H20FN3O4S. The third kappa shape index (κ3) is 5.87. The van der Waals surface area contributed by atoms with Gasteiger partial charge in [-0.15, -0.1) is 0 Å². The lowest BCUT2D eigenvalue weighted by atomic mass is 10.2. The summed E-state index contributed by atoms with van der Waals surface area (Å²) >= 11 is 0. The second kappa shape index (κ2) is 8.74. The van der Waals surface area contributed by atoms with Crippen LogP contribution < -0.4 is 10.6 Å². The highest BCUT2D eigenvalue weighted by Gasteiger charge is 2.22. The normalized spacial score (nSPS) is 11.3. The first-order chi connectivity index (χ1) is 12.7. The Morgan fingerprint density at radius 3 is 2.37 bits per heavy atom. The molecule has 0 bridgehead atoms. The van der Waals surface area contributed by atoms with Crippen molar-refractivity contribution in [2.24, 2.45) is 0 Å². The maximum Gasteiger partial charge on any atom is 0.243 e. The number of hydrogen-bond donors (Lipinski definition) is 2. The minimum Gasteiger partial charge on any atom is -0.351 e. The Morgan fingerprint density at radius 2 is 1.78 bits per heavy atom. The van der Waals surface area contributed by atoms with Crippen LogP contribution in [0.2, 0.25) is 0 Å². The summed E-state index contributed by atoms with van der Waals surface area (Å²) in [5.74, 6) is -1.19. The zero-order valence-corrected chi connectivity index (χ0v) is 15.7. The molecule has 0 fully saturated rings. The zero-order chi connectivity index (χ0) is 20.0. The van der Waals surface area contributed by atoms with Crippen LogP contribution in [0, 0.1) is 5.82 Å². The highest BCUT2D eigenvalue weighted by molar-refractivity contribution is 7.89. The number of carbonyl (C=O) groups is 2. The third-order valence-corrected chi connectivity index (χ3v) is 5.45. The predicted molar refractivity (Wildman–Crippen MR) is 98.8 cm³/mol. The van der Waals surface area contributed by atoms with Gasteiger partial charge in [0.1, 0.15) is 5.82 Å². The fourth-order valence-electron chi connectivity index (χ4n) is 2.28. The summed E-state index contributed by atoms with van der Waals surface area (Å²) in [5.41, 5.74) is 1.04. The minimum absolute atomic E-state index is 0.00275. The average Bonchev–Trinajstić information content (AvgIpc) is 2.60. The molecule has 0 unspecified atom stereocenters. The van der Waals surface area contributed by atoms with Gasteiger partial charge in [-0.05, 0) is 42.0 Å². The molecule has 27 heavy (non-hydrogen) atoms. The molecule has 2 aromatic carbocycles. The van der Waals surface area contributed by atoms with Crippen molar-refractivity contribution in [2.75, 3.05) is 18.9 Å². The van der Waals surface area contributed by atoms with Crippen LogP contribution in [0.25, 0.3) is 0 Å². The number of likely N-dealkylation sites (N-methyl/N-ethyl adjacent to an activating group) is 1. The molecule has 0 heterocycles. The fourth-order valence-corrected chi connectivity index (χ4v) is 3.41. The van der Waals surface area contributed by atoms with E-state index in [2.05, 4.69) is 10.6 Å². The van der Waals surface area contributed by atoms with Crippen molar-refractivity contribution >= 4 is 27.5 Å². The summed E-state index contributed by atoms with van der Waals surface area (Å²) in [6, 6.07) is 11.4. The number of sulfonamides is 1. The first-order valence-corrected chi connectivity index (χ1v) is 9.47. The van der Waals surface area contributed by atoms with E-state index in [1.54, 1.807) is 6.07 Å². The predicted octanol–water partition coefficient (Wildman–Crippen LogP) is 1.72. The SMILES string of the molecule is CC(=O)Nc1ccc(S(=O)(=O)N(C)CC(=O)NCc2cccc(F)c2)cc1. The summed E-state index contributed by atoms with van der Waals surface area (Å²) in [6.45, 7) is 1.06. The monoisotopic (exact) mass is 393 g/mol. The van der Waals surface area contributed by atoms with Gasteiger partial charge in [-0.3, -0.25) is 9.59 Å². The maximum absolute atomic E-state index is 13.1. The van der Waals surface area contributed by atoms with Crippen LogP contribution in [0.1, 0.15) is 12.5 Å². The molecule has 0 saturated heterocycles. The van der Waals surface area contributed by atoms with Crippen molar-refractivity contribution in [3.8, 4) is 0 Å². The third-order valence-electron chi connectivity index (χ3n) is 3.63. The standard InChI is InChI=1S/C18H20FN3O4S/c1-13(23)21-16-6-8-17(9-7-16)27(25,26)22(2)12-18(24)20-11-14-4-3-5-15(19)10-14/h3-10H,11-12H2,1-2H3,(H,20,24)(H,21,23). The molecule has 2 N–H and O–H groups in total. The number of rotatable bonds is 7. The number of hydrogen-bond acceptors (Lipinski definition) is 4. The van der Waals surface area contributed by atoms with Gasteiger partial charge in [-0.25, -0.2) is 12.8 Å². The number of nitrogens with zero attached hydrogens (tertiary/aromatic N) is 1. The summed E-state index contributed by atoms with van der Waals surface area (Å²) in [6.07, 6.45) is 0. The van der Waals surface area contributed by atoms with E-state index >= 15 is 0 Å². The van der Waals surface area contributed by atoms with E-state index in [4.69, 9.17) is 0 Å². The second-order valence-electron chi connectivity index (χ2n) is 5.87. The molecule has 144 valence electrons. The number of amides is 2. The quantitative estimate of drug-likeness (QED) is 0.749. The topological polar surface area (TPSA) is 95.6 Å². The van der Waals surface area contributed by atoms with Crippen LogP contribution in [0.5, 0.6) is 0 Å². The summed E-state index contributed by atoms with van der Waals surface area (Å²) in [5, 5.41) is 5.10. The van der Waals surface area contributed by atoms with Crippen molar-refractivity contribution in [3.05, 3.63) is 59.9 Å². The first-order valence-electron chi connectivity index (χ1n) is 8.03. The van der Waals surface area contributed by atoms with E-state index in [0.29, 0.717) is 11.3 Å². The van der Waals surface area contributed by atoms with E-state index in [9.17, 15) is 22.4 Å². The molecule has 0 aromatic heterocycles. The zero-order valence-electron chi connectivity index (χ0n) is 14.9. The molecule has 2 aromatic rings. The van der Waals surface area contributed by atoms with Crippen LogP contribution in [-0.4, -0.2) is 38.1 Å². The summed E-state index contributed by atoms with van der Waals surface area (Å²) in [4.78, 5) is 23.0. The van der Waals surface area contributed by atoms with Crippen molar-refractivity contribution < 1.29 is 22.4 Å². The number of nitrogens with one attached hydrogen (secondary N) is 2. The summed E-state index contributed by atoms with van der Waals surface area (Å²) < 4.78 is 39.1. The molecule has 0 aliphatic rings. The van der Waals surface area contributed by atoms with Crippen molar-refractivity contribution in [2.45, 2.75) is 18.4 Å². The van der Waals surface area contributed by atoms with Crippen LogP contribution in [0.4, 0.5) is 10.1 Å². The largest absolute Gasteiger partial charge is 0.351 e. The van der Waals surface area contributed by atoms with Crippen LogP contribution in [0.3, 0.4) is 0 Å². The fraction of sp³-hybridized carbons (Fsp3) is 0.222. The van der Waals surface area contributed by atoms with E-state index in [1.165, 1.54) is 56.4 Å². The second-order valence-corrected chi connectivity index (χ2v) is 7.92. The molecule has 0 aliphatic carbocycles. The number of halogens is 1. The van der Waals surface area contributed by atoms with Gasteiger partial charge in [0.05, 0.1) is 11.4 Å². The molecule has 9 heteroatoms. The molecule has 0 aliphatic heterocycles. The number of carbonyl (C=O) groups excluding carboxylic acids is 2. The van der Waals surface area contributed by atoms with Crippen molar-refractivity contribution in [1.29, 1.82) is 0 Å². The van der Waals surface area contributed by atoms with Gasteiger partial charge in [0, 0.05) is 26.2 Å². The lowest BCUT2D eigenvalue weighted by Gasteiger charge is -2.17. The highest BCUT2D eigenvalue weighted by atomic mass is 32.2. The van der Waals surface area contributed by atoms with Gasteiger partial charge in [0.15, 0.2) is 0 Å². The van der Waals surface area contributed by atoms with Crippen LogP contribution >= 0.6 is 0 Å². The van der Waals surface area contributed by atoms with Crippen LogP contribution in [0.15, 0.2) is 53.4 Å². The summed E-state index contributed by atoms with van der Waals surface area (Å²) in [7, 11) is -2.58. The van der Waals surface area contributed by atoms with Crippen LogP contribution in [-0.2, 0) is 26.2 Å². The van der Waals surface area contributed by atoms with Gasteiger partial charge >= 0.3 is 0 Å². The average molecular weight is 393 g/mol. The van der Waals surface area contributed by atoms with Gasteiger partial charge in [0.2, 0.25) is 21.8 Å². The van der Waals surface area contributed by atoms with E-state index in [0.717, 1.165) is 4.31 Å². The molecule has 0 atom stereocenters. The number of benzene rings is 2. The first kappa shape index (κ1) is 20.5. The van der Waals surface area contributed by atoms with E-state index in [-0.39, 0.29) is 23.9 Å². The van der Waals surface area contributed by atoms with Gasteiger partial charge < -0.3 is 10.6 Å². The Labute approximate surface area is 157 Å². The smallest absolute Gasteiger partial charge is 0.243 e. The Hall–Kier alpha value is -2.78. The maximum atomic E-state index is 13.1. The highest BCUT2D eigenvalue weighted by Crippen LogP contribution is 2.17. The molecule has 0 spiro atoms. The van der Waals surface area contributed by atoms with E-state index in [1.807, 2.05) is 0 Å². The molecular weight excluding hydrogens is 373 g/mol. The molecule has 0 radical (unpaired) electrons.